The number of unbranched alkanes of at least 4 members (excludes halogenated alkanes) is 21. The summed E-state index contributed by atoms with van der Waals surface area (Å²) in [7, 11) is 0. The summed E-state index contributed by atoms with van der Waals surface area (Å²) in [6.07, 6.45) is 43.6. The Morgan fingerprint density at radius 2 is 1.00 bits per heavy atom. The molecule has 4 heteroatoms. The molecule has 2 unspecified atom stereocenters. The standard InChI is InChI=1S/C38H71NO3/c1-3-5-7-9-11-13-15-17-19-20-21-23-25-27-29-31-33-37(41)36(35-40)39-38(42)34-32-30-28-26-24-22-18-16-14-12-10-8-6-4-2/h10,12,16,18,31,33,36-37,40-41H,3-9,11,13-15,17,19-30,32,34-35H2,1-2H3,(H,39,42)/b12-10-,18-16-,33-31+. The van der Waals surface area contributed by atoms with Crippen LogP contribution in [-0.4, -0.2) is 34.9 Å². The van der Waals surface area contributed by atoms with Crippen molar-refractivity contribution in [3.05, 3.63) is 36.5 Å². The zero-order chi connectivity index (χ0) is 30.8. The Balaban J connectivity index is 3.66. The molecule has 4 nitrogen and oxygen atoms in total. The predicted molar refractivity (Wildman–Crippen MR) is 184 cm³/mol. The van der Waals surface area contributed by atoms with Crippen LogP contribution in [0, 0.1) is 0 Å². The van der Waals surface area contributed by atoms with Crippen molar-refractivity contribution in [2.45, 2.75) is 193 Å². The third-order valence-corrected chi connectivity index (χ3v) is 8.12. The van der Waals surface area contributed by atoms with E-state index in [2.05, 4.69) is 43.5 Å². The number of hydrogen-bond donors (Lipinski definition) is 3. The summed E-state index contributed by atoms with van der Waals surface area (Å²) in [6.45, 7) is 4.25. The summed E-state index contributed by atoms with van der Waals surface area (Å²) >= 11 is 0. The Bertz CT molecular complexity index is 642. The molecule has 0 bridgehead atoms. The molecular formula is C38H71NO3. The number of hydrogen-bond acceptors (Lipinski definition) is 3. The number of nitrogens with one attached hydrogen (secondary N) is 1. The summed E-state index contributed by atoms with van der Waals surface area (Å²) in [6, 6.07) is -0.627. The summed E-state index contributed by atoms with van der Waals surface area (Å²) < 4.78 is 0. The highest BCUT2D eigenvalue weighted by Gasteiger charge is 2.17. The van der Waals surface area contributed by atoms with Gasteiger partial charge in [-0.25, -0.2) is 0 Å². The molecule has 0 saturated heterocycles. The van der Waals surface area contributed by atoms with Crippen molar-refractivity contribution < 1.29 is 15.0 Å². The number of carbonyl (C=O) groups excluding carboxylic acids is 1. The van der Waals surface area contributed by atoms with Crippen molar-refractivity contribution in [2.75, 3.05) is 6.61 Å². The lowest BCUT2D eigenvalue weighted by atomic mass is 10.0. The third kappa shape index (κ3) is 30.1. The molecular weight excluding hydrogens is 518 g/mol. The van der Waals surface area contributed by atoms with Gasteiger partial charge >= 0.3 is 0 Å². The Kier molecular flexibility index (Phi) is 33.0. The molecule has 0 aliphatic rings. The average Bonchev–Trinajstić information content (AvgIpc) is 2.99. The van der Waals surface area contributed by atoms with Crippen molar-refractivity contribution in [3.63, 3.8) is 0 Å². The zero-order valence-corrected chi connectivity index (χ0v) is 28.0. The maximum absolute atomic E-state index is 12.3. The largest absolute Gasteiger partial charge is 0.394 e. The van der Waals surface area contributed by atoms with E-state index in [1.165, 1.54) is 116 Å². The first-order valence-corrected chi connectivity index (χ1v) is 18.2. The molecule has 0 spiro atoms. The summed E-state index contributed by atoms with van der Waals surface area (Å²) in [4.78, 5) is 12.3. The van der Waals surface area contributed by atoms with Gasteiger partial charge in [0, 0.05) is 6.42 Å². The van der Waals surface area contributed by atoms with Gasteiger partial charge in [-0.2, -0.15) is 0 Å². The van der Waals surface area contributed by atoms with Crippen LogP contribution < -0.4 is 5.32 Å². The molecule has 0 aromatic heterocycles. The van der Waals surface area contributed by atoms with E-state index >= 15 is 0 Å². The smallest absolute Gasteiger partial charge is 0.220 e. The van der Waals surface area contributed by atoms with E-state index in [1.54, 1.807) is 6.08 Å². The minimum Gasteiger partial charge on any atom is -0.394 e. The van der Waals surface area contributed by atoms with Crippen molar-refractivity contribution >= 4 is 5.91 Å². The van der Waals surface area contributed by atoms with Gasteiger partial charge in [0.05, 0.1) is 18.8 Å². The Morgan fingerprint density at radius 1 is 0.571 bits per heavy atom. The number of rotatable bonds is 32. The van der Waals surface area contributed by atoms with E-state index < -0.39 is 12.1 Å². The van der Waals surface area contributed by atoms with Gasteiger partial charge in [-0.05, 0) is 44.9 Å². The fraction of sp³-hybridized carbons (Fsp3) is 0.816. The van der Waals surface area contributed by atoms with Gasteiger partial charge in [0.25, 0.3) is 0 Å². The molecule has 1 amide bonds. The molecule has 0 heterocycles. The number of amides is 1. The van der Waals surface area contributed by atoms with Crippen LogP contribution in [0.5, 0.6) is 0 Å². The van der Waals surface area contributed by atoms with Gasteiger partial charge in [0.1, 0.15) is 0 Å². The average molecular weight is 590 g/mol. The van der Waals surface area contributed by atoms with Crippen molar-refractivity contribution in [1.29, 1.82) is 0 Å². The first-order valence-electron chi connectivity index (χ1n) is 18.2. The van der Waals surface area contributed by atoms with Crippen LogP contribution in [0.4, 0.5) is 0 Å². The fourth-order valence-corrected chi connectivity index (χ4v) is 5.25. The number of aliphatic hydroxyl groups is 2. The molecule has 3 N–H and O–H groups in total. The highest BCUT2D eigenvalue weighted by atomic mass is 16.3. The van der Waals surface area contributed by atoms with Crippen LogP contribution in [-0.2, 0) is 4.79 Å². The molecule has 0 aliphatic heterocycles. The van der Waals surface area contributed by atoms with E-state index in [9.17, 15) is 15.0 Å². The van der Waals surface area contributed by atoms with Crippen molar-refractivity contribution in [2.24, 2.45) is 0 Å². The molecule has 2 atom stereocenters. The lowest BCUT2D eigenvalue weighted by Crippen LogP contribution is -2.45. The lowest BCUT2D eigenvalue weighted by molar-refractivity contribution is -0.123. The van der Waals surface area contributed by atoms with E-state index in [4.69, 9.17) is 0 Å². The molecule has 42 heavy (non-hydrogen) atoms. The molecule has 0 radical (unpaired) electrons. The molecule has 0 aromatic rings. The second kappa shape index (κ2) is 34.1. The molecule has 0 aliphatic carbocycles. The second-order valence-electron chi connectivity index (χ2n) is 12.3. The van der Waals surface area contributed by atoms with Crippen LogP contribution in [0.15, 0.2) is 36.5 Å². The SMILES string of the molecule is CCCC/C=C\C/C=C\CCCCCCCC(=O)NC(CO)C(O)/C=C/CCCCCCCCCCCCCCCC. The zero-order valence-electron chi connectivity index (χ0n) is 28.0. The fourth-order valence-electron chi connectivity index (χ4n) is 5.25. The topological polar surface area (TPSA) is 69.6 Å². The second-order valence-corrected chi connectivity index (χ2v) is 12.3. The molecule has 0 fully saturated rings. The Labute approximate surface area is 261 Å². The minimum absolute atomic E-state index is 0.0802. The summed E-state index contributed by atoms with van der Waals surface area (Å²) in [5.41, 5.74) is 0. The van der Waals surface area contributed by atoms with Gasteiger partial charge in [-0.15, -0.1) is 0 Å². The van der Waals surface area contributed by atoms with Gasteiger partial charge < -0.3 is 15.5 Å². The maximum atomic E-state index is 12.3. The molecule has 0 rings (SSSR count). The van der Waals surface area contributed by atoms with Gasteiger partial charge in [-0.3, -0.25) is 4.79 Å². The first kappa shape index (κ1) is 40.6. The normalized spacial score (nSPS) is 13.5. The van der Waals surface area contributed by atoms with Gasteiger partial charge in [-0.1, -0.05) is 166 Å². The quantitative estimate of drug-likeness (QED) is 0.0540. The number of aliphatic hydroxyl groups excluding tert-OH is 2. The van der Waals surface area contributed by atoms with Crippen LogP contribution in [0.2, 0.25) is 0 Å². The van der Waals surface area contributed by atoms with Gasteiger partial charge in [0.2, 0.25) is 5.91 Å². The van der Waals surface area contributed by atoms with Crippen molar-refractivity contribution in [1.82, 2.24) is 5.32 Å². The van der Waals surface area contributed by atoms with Crippen LogP contribution in [0.1, 0.15) is 181 Å². The highest BCUT2D eigenvalue weighted by molar-refractivity contribution is 5.76. The molecule has 246 valence electrons. The van der Waals surface area contributed by atoms with Crippen LogP contribution >= 0.6 is 0 Å². The van der Waals surface area contributed by atoms with E-state index in [1.807, 2.05) is 6.08 Å². The number of carbonyl (C=O) groups is 1. The van der Waals surface area contributed by atoms with Crippen molar-refractivity contribution in [3.8, 4) is 0 Å². The van der Waals surface area contributed by atoms with E-state index in [0.717, 1.165) is 44.9 Å². The Morgan fingerprint density at radius 3 is 1.50 bits per heavy atom. The number of allylic oxidation sites excluding steroid dienone is 5. The first-order chi connectivity index (χ1) is 20.7. The highest BCUT2D eigenvalue weighted by Crippen LogP contribution is 2.14. The summed E-state index contributed by atoms with van der Waals surface area (Å²) in [5, 5.41) is 22.9. The lowest BCUT2D eigenvalue weighted by Gasteiger charge is -2.20. The molecule has 0 saturated carbocycles. The Hall–Kier alpha value is -1.39. The van der Waals surface area contributed by atoms with Crippen LogP contribution in [0.3, 0.4) is 0 Å². The van der Waals surface area contributed by atoms with Crippen LogP contribution in [0.25, 0.3) is 0 Å². The minimum atomic E-state index is -0.842. The monoisotopic (exact) mass is 590 g/mol. The third-order valence-electron chi connectivity index (χ3n) is 8.12. The molecule has 0 aromatic carbocycles. The van der Waals surface area contributed by atoms with E-state index in [0.29, 0.717) is 6.42 Å². The van der Waals surface area contributed by atoms with E-state index in [-0.39, 0.29) is 12.5 Å². The maximum Gasteiger partial charge on any atom is 0.220 e. The summed E-state index contributed by atoms with van der Waals surface area (Å²) in [5.74, 6) is -0.0802. The van der Waals surface area contributed by atoms with Gasteiger partial charge in [0.15, 0.2) is 0 Å². The predicted octanol–water partition coefficient (Wildman–Crippen LogP) is 10.7.